The molecule has 5 heteroatoms. The van der Waals surface area contributed by atoms with Gasteiger partial charge in [-0.1, -0.05) is 66.7 Å². The SMILES string of the molecule is O=C(CCCCN1C(=O)C(c2ccccc2)=C(c2ccccc2)C1=O)N1CCCC2CCCC=C21. The van der Waals surface area contributed by atoms with Gasteiger partial charge >= 0.3 is 0 Å². The minimum Gasteiger partial charge on any atom is -0.316 e. The summed E-state index contributed by atoms with van der Waals surface area (Å²) >= 11 is 0. The lowest BCUT2D eigenvalue weighted by atomic mass is 9.85. The molecule has 1 atom stereocenters. The first-order valence-electron chi connectivity index (χ1n) is 12.9. The van der Waals surface area contributed by atoms with Crippen LogP contribution in [0.4, 0.5) is 0 Å². The first-order valence-corrected chi connectivity index (χ1v) is 12.9. The predicted octanol–water partition coefficient (Wildman–Crippen LogP) is 5.44. The molecule has 3 aliphatic rings. The molecule has 3 amide bonds. The third-order valence-corrected chi connectivity index (χ3v) is 7.39. The van der Waals surface area contributed by atoms with E-state index in [2.05, 4.69) is 6.08 Å². The average Bonchev–Trinajstić information content (AvgIpc) is 3.16. The molecule has 180 valence electrons. The second-order valence-electron chi connectivity index (χ2n) is 9.65. The molecular weight excluding hydrogens is 436 g/mol. The van der Waals surface area contributed by atoms with Crippen molar-refractivity contribution in [2.45, 2.75) is 51.4 Å². The third kappa shape index (κ3) is 4.72. The zero-order valence-corrected chi connectivity index (χ0v) is 20.1. The van der Waals surface area contributed by atoms with Crippen molar-refractivity contribution in [3.63, 3.8) is 0 Å². The zero-order chi connectivity index (χ0) is 24.2. The summed E-state index contributed by atoms with van der Waals surface area (Å²) in [6, 6.07) is 18.8. The van der Waals surface area contributed by atoms with Crippen LogP contribution in [0.3, 0.4) is 0 Å². The number of carbonyl (C=O) groups excluding carboxylic acids is 3. The maximum atomic E-state index is 13.4. The van der Waals surface area contributed by atoms with Gasteiger partial charge in [-0.25, -0.2) is 0 Å². The number of benzene rings is 2. The number of fused-ring (bicyclic) bond motifs is 1. The number of carbonyl (C=O) groups is 3. The second kappa shape index (κ2) is 10.4. The number of hydrogen-bond acceptors (Lipinski definition) is 3. The van der Waals surface area contributed by atoms with E-state index in [1.807, 2.05) is 65.6 Å². The molecule has 5 rings (SSSR count). The Morgan fingerprint density at radius 3 is 2.03 bits per heavy atom. The molecule has 5 nitrogen and oxygen atoms in total. The van der Waals surface area contributed by atoms with E-state index < -0.39 is 0 Å². The van der Waals surface area contributed by atoms with E-state index in [9.17, 15) is 14.4 Å². The van der Waals surface area contributed by atoms with Crippen LogP contribution in [0.1, 0.15) is 62.5 Å². The van der Waals surface area contributed by atoms with E-state index in [-0.39, 0.29) is 17.7 Å². The van der Waals surface area contributed by atoms with Gasteiger partial charge in [0, 0.05) is 25.2 Å². The Balaban J connectivity index is 1.24. The monoisotopic (exact) mass is 468 g/mol. The van der Waals surface area contributed by atoms with E-state index in [1.54, 1.807) is 0 Å². The van der Waals surface area contributed by atoms with Crippen molar-refractivity contribution in [2.24, 2.45) is 5.92 Å². The number of rotatable bonds is 7. The highest BCUT2D eigenvalue weighted by atomic mass is 16.2. The summed E-state index contributed by atoms with van der Waals surface area (Å²) in [6.07, 6.45) is 9.72. The Morgan fingerprint density at radius 2 is 1.40 bits per heavy atom. The predicted molar refractivity (Wildman–Crippen MR) is 137 cm³/mol. The number of imide groups is 1. The summed E-state index contributed by atoms with van der Waals surface area (Å²) in [5, 5.41) is 0. The highest BCUT2D eigenvalue weighted by Crippen LogP contribution is 2.37. The highest BCUT2D eigenvalue weighted by Gasteiger charge is 2.39. The van der Waals surface area contributed by atoms with Gasteiger partial charge in [0.05, 0.1) is 11.1 Å². The van der Waals surface area contributed by atoms with Crippen molar-refractivity contribution in [3.05, 3.63) is 83.6 Å². The Kier molecular flexibility index (Phi) is 6.94. The fourth-order valence-electron chi connectivity index (χ4n) is 5.65. The van der Waals surface area contributed by atoms with Crippen LogP contribution in [0.2, 0.25) is 0 Å². The summed E-state index contributed by atoms with van der Waals surface area (Å²) in [5.74, 6) is 0.213. The fourth-order valence-corrected chi connectivity index (χ4v) is 5.65. The average molecular weight is 469 g/mol. The zero-order valence-electron chi connectivity index (χ0n) is 20.1. The molecule has 0 N–H and O–H groups in total. The number of piperidine rings is 1. The van der Waals surface area contributed by atoms with Crippen LogP contribution < -0.4 is 0 Å². The molecule has 2 aromatic rings. The van der Waals surface area contributed by atoms with Gasteiger partial charge in [0.15, 0.2) is 0 Å². The molecule has 0 spiro atoms. The lowest BCUT2D eigenvalue weighted by molar-refractivity contribution is -0.136. The molecule has 1 unspecified atom stereocenters. The Hall–Kier alpha value is -3.47. The summed E-state index contributed by atoms with van der Waals surface area (Å²) in [7, 11) is 0. The minimum atomic E-state index is -0.252. The van der Waals surface area contributed by atoms with Gasteiger partial charge in [-0.15, -0.1) is 0 Å². The normalized spacial score (nSPS) is 20.2. The topological polar surface area (TPSA) is 57.7 Å². The molecule has 0 saturated carbocycles. The van der Waals surface area contributed by atoms with E-state index in [0.29, 0.717) is 42.9 Å². The molecule has 1 fully saturated rings. The summed E-state index contributed by atoms with van der Waals surface area (Å²) in [5.41, 5.74) is 3.66. The van der Waals surface area contributed by atoms with Gasteiger partial charge in [0.2, 0.25) is 5.91 Å². The quantitative estimate of drug-likeness (QED) is 0.401. The number of hydrogen-bond donors (Lipinski definition) is 0. The third-order valence-electron chi connectivity index (χ3n) is 7.39. The highest BCUT2D eigenvalue weighted by molar-refractivity contribution is 6.48. The van der Waals surface area contributed by atoms with Crippen LogP contribution in [-0.2, 0) is 14.4 Å². The molecule has 2 aliphatic heterocycles. The molecule has 0 bridgehead atoms. The summed E-state index contributed by atoms with van der Waals surface area (Å²) < 4.78 is 0. The lowest BCUT2D eigenvalue weighted by Crippen LogP contribution is -2.39. The molecule has 2 aromatic carbocycles. The van der Waals surface area contributed by atoms with Crippen molar-refractivity contribution >= 4 is 28.9 Å². The van der Waals surface area contributed by atoms with Crippen LogP contribution >= 0.6 is 0 Å². The number of amides is 3. The summed E-state index contributed by atoms with van der Waals surface area (Å²) in [4.78, 5) is 43.1. The number of unbranched alkanes of at least 4 members (excludes halogenated alkanes) is 1. The molecule has 0 aromatic heterocycles. The molecule has 35 heavy (non-hydrogen) atoms. The standard InChI is InChI=1S/C30H32N2O3/c33-26(31-21-11-17-22-12-7-8-18-25(22)31)19-9-10-20-32-29(34)27(23-13-3-1-4-14-23)28(30(32)35)24-15-5-2-6-16-24/h1-6,13-16,18,22H,7-12,17,19-21H2. The van der Waals surface area contributed by atoms with Crippen molar-refractivity contribution in [2.75, 3.05) is 13.1 Å². The van der Waals surface area contributed by atoms with Crippen molar-refractivity contribution in [1.82, 2.24) is 9.80 Å². The first kappa shape index (κ1) is 23.3. The van der Waals surface area contributed by atoms with Crippen molar-refractivity contribution < 1.29 is 14.4 Å². The molecule has 0 radical (unpaired) electrons. The van der Waals surface area contributed by atoms with E-state index in [0.717, 1.165) is 30.5 Å². The van der Waals surface area contributed by atoms with E-state index in [4.69, 9.17) is 0 Å². The number of likely N-dealkylation sites (tertiary alicyclic amines) is 1. The van der Waals surface area contributed by atoms with Crippen LogP contribution in [-0.4, -0.2) is 40.6 Å². The Bertz CT molecular complexity index is 1110. The van der Waals surface area contributed by atoms with Crippen LogP contribution in [0.15, 0.2) is 72.4 Å². The molecule has 1 saturated heterocycles. The van der Waals surface area contributed by atoms with Gasteiger partial charge in [-0.2, -0.15) is 0 Å². The minimum absolute atomic E-state index is 0.176. The van der Waals surface area contributed by atoms with Gasteiger partial charge < -0.3 is 4.90 Å². The lowest BCUT2D eigenvalue weighted by Gasteiger charge is -2.38. The smallest absolute Gasteiger partial charge is 0.262 e. The van der Waals surface area contributed by atoms with Gasteiger partial charge in [0.1, 0.15) is 0 Å². The van der Waals surface area contributed by atoms with Crippen LogP contribution in [0, 0.1) is 5.92 Å². The Morgan fingerprint density at radius 1 is 0.800 bits per heavy atom. The van der Waals surface area contributed by atoms with Gasteiger partial charge in [-0.05, 0) is 62.0 Å². The maximum absolute atomic E-state index is 13.4. The van der Waals surface area contributed by atoms with Gasteiger partial charge in [-0.3, -0.25) is 19.3 Å². The van der Waals surface area contributed by atoms with Crippen LogP contribution in [0.5, 0.6) is 0 Å². The first-order chi connectivity index (χ1) is 17.1. The van der Waals surface area contributed by atoms with Gasteiger partial charge in [0.25, 0.3) is 11.8 Å². The maximum Gasteiger partial charge on any atom is 0.262 e. The molecular formula is C30H32N2O3. The summed E-state index contributed by atoms with van der Waals surface area (Å²) in [6.45, 7) is 1.14. The molecule has 1 aliphatic carbocycles. The Labute approximate surface area is 207 Å². The second-order valence-corrected chi connectivity index (χ2v) is 9.65. The van der Waals surface area contributed by atoms with E-state index >= 15 is 0 Å². The molecule has 2 heterocycles. The van der Waals surface area contributed by atoms with Crippen LogP contribution in [0.25, 0.3) is 11.1 Å². The largest absolute Gasteiger partial charge is 0.316 e. The van der Waals surface area contributed by atoms with Crippen molar-refractivity contribution in [1.29, 1.82) is 0 Å². The number of nitrogens with zero attached hydrogens (tertiary/aromatic N) is 2. The van der Waals surface area contributed by atoms with Crippen molar-refractivity contribution in [3.8, 4) is 0 Å². The fraction of sp³-hybridized carbons (Fsp3) is 0.367. The number of allylic oxidation sites excluding steroid dienone is 2. The van der Waals surface area contributed by atoms with E-state index in [1.165, 1.54) is 29.9 Å².